The summed E-state index contributed by atoms with van der Waals surface area (Å²) in [6.07, 6.45) is 3.09. The molecule has 4 heteroatoms. The fourth-order valence-electron chi connectivity index (χ4n) is 1.43. The Kier molecular flexibility index (Phi) is 2.64. The highest BCUT2D eigenvalue weighted by molar-refractivity contribution is 5.95. The van der Waals surface area contributed by atoms with E-state index in [0.29, 0.717) is 17.9 Å². The average Bonchev–Trinajstić information content (AvgIpc) is 2.73. The van der Waals surface area contributed by atoms with Crippen LogP contribution in [0.3, 0.4) is 0 Å². The average molecular weight is 218 g/mol. The Morgan fingerprint density at radius 2 is 2.38 bits per heavy atom. The van der Waals surface area contributed by atoms with Crippen LogP contribution in [-0.4, -0.2) is 17.7 Å². The van der Waals surface area contributed by atoms with Crippen molar-refractivity contribution in [3.05, 3.63) is 42.7 Å². The number of hydrogen-bond acceptors (Lipinski definition) is 3. The highest BCUT2D eigenvalue weighted by Gasteiger charge is 2.11. The maximum Gasteiger partial charge on any atom is 0.335 e. The minimum absolute atomic E-state index is 0.140. The van der Waals surface area contributed by atoms with Gasteiger partial charge in [0.1, 0.15) is 17.9 Å². The number of carboxylic acid groups (broad SMARTS) is 1. The van der Waals surface area contributed by atoms with Crippen molar-refractivity contribution in [1.29, 1.82) is 0 Å². The zero-order chi connectivity index (χ0) is 11.5. The standard InChI is InChI=1S/C12H10O4/c1-2-4-15-10-6-8(12(13)14)7-11-9(10)3-5-16-11/h2-3,5-7H,1,4H2,(H,13,14). The summed E-state index contributed by atoms with van der Waals surface area (Å²) < 4.78 is 10.5. The van der Waals surface area contributed by atoms with Gasteiger partial charge in [-0.2, -0.15) is 0 Å². The van der Waals surface area contributed by atoms with Gasteiger partial charge in [0.05, 0.1) is 17.2 Å². The third kappa shape index (κ3) is 1.77. The van der Waals surface area contributed by atoms with Gasteiger partial charge in [-0.3, -0.25) is 0 Å². The van der Waals surface area contributed by atoms with Crippen molar-refractivity contribution in [2.45, 2.75) is 0 Å². The predicted octanol–water partition coefficient (Wildman–Crippen LogP) is 2.70. The Morgan fingerprint density at radius 1 is 1.56 bits per heavy atom. The van der Waals surface area contributed by atoms with Gasteiger partial charge in [0.15, 0.2) is 0 Å². The van der Waals surface area contributed by atoms with Gasteiger partial charge in [-0.05, 0) is 18.2 Å². The van der Waals surface area contributed by atoms with Gasteiger partial charge in [-0.25, -0.2) is 4.79 Å². The van der Waals surface area contributed by atoms with Crippen LogP contribution in [0.5, 0.6) is 5.75 Å². The predicted molar refractivity (Wildman–Crippen MR) is 58.9 cm³/mol. The number of benzene rings is 1. The van der Waals surface area contributed by atoms with Crippen LogP contribution in [-0.2, 0) is 0 Å². The summed E-state index contributed by atoms with van der Waals surface area (Å²) in [6.45, 7) is 3.86. The summed E-state index contributed by atoms with van der Waals surface area (Å²) in [5, 5.41) is 9.67. The van der Waals surface area contributed by atoms with Crippen LogP contribution in [0.1, 0.15) is 10.4 Å². The number of rotatable bonds is 4. The molecule has 1 heterocycles. The number of carboxylic acids is 1. The molecule has 0 atom stereocenters. The minimum Gasteiger partial charge on any atom is -0.489 e. The molecule has 16 heavy (non-hydrogen) atoms. The summed E-state index contributed by atoms with van der Waals surface area (Å²) in [7, 11) is 0. The number of aromatic carboxylic acids is 1. The van der Waals surface area contributed by atoms with Crippen LogP contribution in [0.2, 0.25) is 0 Å². The Balaban J connectivity index is 2.54. The third-order valence-electron chi connectivity index (χ3n) is 2.14. The SMILES string of the molecule is C=CCOc1cc(C(=O)O)cc2occc12. The summed E-state index contributed by atoms with van der Waals surface area (Å²) in [6, 6.07) is 4.68. The molecule has 0 amide bonds. The van der Waals surface area contributed by atoms with Crippen LogP contribution in [0, 0.1) is 0 Å². The Labute approximate surface area is 91.7 Å². The topological polar surface area (TPSA) is 59.7 Å². The lowest BCUT2D eigenvalue weighted by Crippen LogP contribution is -1.99. The Hall–Kier alpha value is -2.23. The molecule has 0 saturated carbocycles. The van der Waals surface area contributed by atoms with E-state index in [1.807, 2.05) is 0 Å². The van der Waals surface area contributed by atoms with Crippen molar-refractivity contribution in [2.75, 3.05) is 6.61 Å². The van der Waals surface area contributed by atoms with Crippen LogP contribution in [0.25, 0.3) is 11.0 Å². The van der Waals surface area contributed by atoms with E-state index in [9.17, 15) is 4.79 Å². The van der Waals surface area contributed by atoms with E-state index in [1.54, 1.807) is 12.1 Å². The second-order valence-electron chi connectivity index (χ2n) is 3.21. The number of ether oxygens (including phenoxy) is 1. The molecule has 82 valence electrons. The molecular formula is C12H10O4. The molecule has 2 rings (SSSR count). The molecule has 1 N–H and O–H groups in total. The Bertz CT molecular complexity index is 539. The maximum absolute atomic E-state index is 10.9. The number of hydrogen-bond donors (Lipinski definition) is 1. The van der Waals surface area contributed by atoms with Crippen LogP contribution >= 0.6 is 0 Å². The van der Waals surface area contributed by atoms with Crippen molar-refractivity contribution < 1.29 is 19.1 Å². The van der Waals surface area contributed by atoms with E-state index < -0.39 is 5.97 Å². The molecule has 0 aliphatic rings. The Morgan fingerprint density at radius 3 is 3.06 bits per heavy atom. The van der Waals surface area contributed by atoms with Crippen molar-refractivity contribution >= 4 is 16.9 Å². The third-order valence-corrected chi connectivity index (χ3v) is 2.14. The molecule has 0 bridgehead atoms. The second kappa shape index (κ2) is 4.10. The molecule has 4 nitrogen and oxygen atoms in total. The molecule has 0 fully saturated rings. The van der Waals surface area contributed by atoms with Gasteiger partial charge in [0, 0.05) is 0 Å². The monoisotopic (exact) mass is 218 g/mol. The molecule has 0 aliphatic carbocycles. The van der Waals surface area contributed by atoms with Gasteiger partial charge in [0.25, 0.3) is 0 Å². The number of fused-ring (bicyclic) bond motifs is 1. The molecule has 0 radical (unpaired) electrons. The van der Waals surface area contributed by atoms with E-state index in [0.717, 1.165) is 5.39 Å². The molecule has 1 aromatic carbocycles. The molecular weight excluding hydrogens is 208 g/mol. The van der Waals surface area contributed by atoms with Crippen molar-refractivity contribution in [2.24, 2.45) is 0 Å². The lowest BCUT2D eigenvalue weighted by molar-refractivity contribution is 0.0696. The number of furan rings is 1. The fraction of sp³-hybridized carbons (Fsp3) is 0.0833. The minimum atomic E-state index is -1.01. The van der Waals surface area contributed by atoms with Crippen molar-refractivity contribution in [3.63, 3.8) is 0 Å². The molecule has 2 aromatic rings. The first-order valence-corrected chi connectivity index (χ1v) is 4.70. The van der Waals surface area contributed by atoms with Gasteiger partial charge in [-0.15, -0.1) is 0 Å². The maximum atomic E-state index is 10.9. The first-order chi connectivity index (χ1) is 7.72. The van der Waals surface area contributed by atoms with Crippen molar-refractivity contribution in [1.82, 2.24) is 0 Å². The zero-order valence-corrected chi connectivity index (χ0v) is 8.47. The summed E-state index contributed by atoms with van der Waals surface area (Å²) in [5.74, 6) is -0.523. The highest BCUT2D eigenvalue weighted by Crippen LogP contribution is 2.28. The summed E-state index contributed by atoms with van der Waals surface area (Å²) in [5.41, 5.74) is 0.639. The lowest BCUT2D eigenvalue weighted by atomic mass is 10.1. The molecule has 0 aliphatic heterocycles. The summed E-state index contributed by atoms with van der Waals surface area (Å²) in [4.78, 5) is 10.9. The second-order valence-corrected chi connectivity index (χ2v) is 3.21. The zero-order valence-electron chi connectivity index (χ0n) is 8.47. The smallest absolute Gasteiger partial charge is 0.335 e. The van der Waals surface area contributed by atoms with E-state index in [2.05, 4.69) is 6.58 Å². The first-order valence-electron chi connectivity index (χ1n) is 4.70. The van der Waals surface area contributed by atoms with Crippen LogP contribution in [0.4, 0.5) is 0 Å². The van der Waals surface area contributed by atoms with E-state index >= 15 is 0 Å². The molecule has 0 unspecified atom stereocenters. The molecule has 1 aromatic heterocycles. The largest absolute Gasteiger partial charge is 0.489 e. The van der Waals surface area contributed by atoms with Gasteiger partial charge in [-0.1, -0.05) is 12.7 Å². The van der Waals surface area contributed by atoms with Gasteiger partial charge < -0.3 is 14.3 Å². The molecule has 0 spiro atoms. The van der Waals surface area contributed by atoms with E-state index in [4.69, 9.17) is 14.3 Å². The lowest BCUT2D eigenvalue weighted by Gasteiger charge is -2.05. The van der Waals surface area contributed by atoms with Crippen LogP contribution in [0.15, 0.2) is 41.5 Å². The van der Waals surface area contributed by atoms with E-state index in [1.165, 1.54) is 18.4 Å². The first kappa shape index (κ1) is 10.3. The van der Waals surface area contributed by atoms with Gasteiger partial charge in [0.2, 0.25) is 0 Å². The normalized spacial score (nSPS) is 10.2. The molecule has 0 saturated heterocycles. The van der Waals surface area contributed by atoms with Gasteiger partial charge >= 0.3 is 5.97 Å². The fourth-order valence-corrected chi connectivity index (χ4v) is 1.43. The quantitative estimate of drug-likeness (QED) is 0.801. The highest BCUT2D eigenvalue weighted by atomic mass is 16.5. The van der Waals surface area contributed by atoms with Crippen LogP contribution < -0.4 is 4.74 Å². The van der Waals surface area contributed by atoms with E-state index in [-0.39, 0.29) is 5.56 Å². The number of carbonyl (C=O) groups is 1. The summed E-state index contributed by atoms with van der Waals surface area (Å²) >= 11 is 0. The van der Waals surface area contributed by atoms with Crippen molar-refractivity contribution in [3.8, 4) is 5.75 Å².